The number of phenols is 1. The Kier molecular flexibility index (Phi) is 14.3. The zero-order valence-corrected chi connectivity index (χ0v) is 32.3. The Bertz CT molecular complexity index is 2170. The number of pyridine rings is 1. The minimum Gasteiger partial charge on any atom is -0.506 e. The number of aliphatic hydroxyl groups is 2. The van der Waals surface area contributed by atoms with Gasteiger partial charge in [-0.2, -0.15) is 4.98 Å². The zero-order chi connectivity index (χ0) is 37.7. The largest absolute Gasteiger partial charge is 0.506 e. The number of benzene rings is 2. The number of phenolic OH excluding ortho intramolecular Hbond substituents is 1. The first-order valence-corrected chi connectivity index (χ1v) is 19.8. The van der Waals surface area contributed by atoms with Crippen molar-refractivity contribution in [2.75, 3.05) is 20.1 Å². The van der Waals surface area contributed by atoms with Crippen molar-refractivity contribution in [2.24, 2.45) is 0 Å². The molecule has 0 amide bonds. The van der Waals surface area contributed by atoms with Crippen molar-refractivity contribution < 1.29 is 38.8 Å². The van der Waals surface area contributed by atoms with E-state index in [4.69, 9.17) is 9.26 Å². The molecule has 1 aliphatic carbocycles. The maximum Gasteiger partial charge on any atom is 0.349 e. The average Bonchev–Trinajstić information content (AvgIpc) is 4.00. The van der Waals surface area contributed by atoms with Crippen LogP contribution in [0, 0.1) is 0 Å². The monoisotopic (exact) mass is 809 g/mol. The highest BCUT2D eigenvalue weighted by atomic mass is 32.1. The predicted octanol–water partition coefficient (Wildman–Crippen LogP) is 6.19. The van der Waals surface area contributed by atoms with Crippen molar-refractivity contribution in [2.45, 2.75) is 68.9 Å². The molecular weight excluding hydrogens is 765 g/mol. The van der Waals surface area contributed by atoms with Crippen LogP contribution in [-0.2, 0) is 28.1 Å². The lowest BCUT2D eigenvalue weighted by Gasteiger charge is -2.35. The SMILES string of the molecule is CN(CCCc1nc(-c2ccc(CNC[C@@H](O)c3ccc(O)c4[nH]c(=O)ccc34)cc2)no1)C1CCC(OC(=O)C(O)(c2cccs2)c2cccs2)CC1.F.F. The first-order chi connectivity index (χ1) is 26.2. The van der Waals surface area contributed by atoms with Gasteiger partial charge in [-0.3, -0.25) is 14.2 Å². The molecule has 2 aromatic carbocycles. The highest BCUT2D eigenvalue weighted by Gasteiger charge is 2.45. The van der Waals surface area contributed by atoms with Crippen molar-refractivity contribution in [3.63, 3.8) is 0 Å². The number of fused-ring (bicyclic) bond motifs is 1. The number of thiophene rings is 2. The van der Waals surface area contributed by atoms with Crippen LogP contribution in [0.25, 0.3) is 22.3 Å². The van der Waals surface area contributed by atoms with Gasteiger partial charge in [-0.15, -0.1) is 22.7 Å². The number of esters is 1. The van der Waals surface area contributed by atoms with Crippen molar-refractivity contribution in [3.05, 3.63) is 121 Å². The fourth-order valence-corrected chi connectivity index (χ4v) is 8.77. The van der Waals surface area contributed by atoms with Crippen LogP contribution in [-0.4, -0.2) is 73.6 Å². The number of halogens is 2. The number of carbonyl (C=O) groups is 1. The van der Waals surface area contributed by atoms with Crippen molar-refractivity contribution in [1.29, 1.82) is 0 Å². The summed E-state index contributed by atoms with van der Waals surface area (Å²) in [5.41, 5.74) is 0.673. The molecule has 0 bridgehead atoms. The van der Waals surface area contributed by atoms with Crippen LogP contribution in [0.4, 0.5) is 9.41 Å². The number of carbonyl (C=O) groups excluding carboxylic acids is 1. The minimum absolute atomic E-state index is 0. The lowest BCUT2D eigenvalue weighted by atomic mass is 9.91. The Morgan fingerprint density at radius 2 is 1.71 bits per heavy atom. The number of hydrogen-bond donors (Lipinski definition) is 5. The Balaban J connectivity index is 0.00000300. The van der Waals surface area contributed by atoms with E-state index in [1.165, 1.54) is 34.8 Å². The highest BCUT2D eigenvalue weighted by Crippen LogP contribution is 2.38. The van der Waals surface area contributed by atoms with Gasteiger partial charge in [0, 0.05) is 42.6 Å². The van der Waals surface area contributed by atoms with Crippen LogP contribution in [0.15, 0.2) is 92.9 Å². The number of hydrogen-bond acceptors (Lipinski definition) is 13. The molecule has 4 aromatic heterocycles. The molecule has 5 N–H and O–H groups in total. The van der Waals surface area contributed by atoms with Crippen molar-refractivity contribution >= 4 is 39.5 Å². The lowest BCUT2D eigenvalue weighted by molar-refractivity contribution is -0.169. The maximum atomic E-state index is 13.4. The van der Waals surface area contributed by atoms with E-state index in [2.05, 4.69) is 32.4 Å². The molecule has 1 atom stereocenters. The van der Waals surface area contributed by atoms with E-state index in [9.17, 15) is 24.9 Å². The number of rotatable bonds is 15. The Morgan fingerprint density at radius 1 is 1.02 bits per heavy atom. The van der Waals surface area contributed by atoms with Gasteiger partial charge in [0.25, 0.3) is 0 Å². The Hall–Kier alpha value is -4.84. The van der Waals surface area contributed by atoms with Gasteiger partial charge in [0.05, 0.1) is 21.4 Å². The summed E-state index contributed by atoms with van der Waals surface area (Å²) in [5.74, 6) is 0.468. The number of H-pyrrole nitrogens is 1. The molecular formula is C40H45F2N5O7S2. The molecule has 0 saturated heterocycles. The van der Waals surface area contributed by atoms with Crippen LogP contribution in [0.3, 0.4) is 0 Å². The normalized spacial score (nSPS) is 16.3. The summed E-state index contributed by atoms with van der Waals surface area (Å²) in [6.45, 7) is 1.66. The van der Waals surface area contributed by atoms with E-state index in [1.54, 1.807) is 24.3 Å². The van der Waals surface area contributed by atoms with Crippen molar-refractivity contribution in [3.8, 4) is 17.1 Å². The van der Waals surface area contributed by atoms with Crippen molar-refractivity contribution in [1.82, 2.24) is 25.3 Å². The minimum atomic E-state index is -1.78. The number of aromatic amines is 1. The first kappa shape index (κ1) is 42.3. The third kappa shape index (κ3) is 9.40. The Morgan fingerprint density at radius 3 is 2.38 bits per heavy atom. The molecule has 1 saturated carbocycles. The van der Waals surface area contributed by atoms with E-state index in [0.717, 1.165) is 49.8 Å². The summed E-state index contributed by atoms with van der Waals surface area (Å²) in [6.07, 6.45) is 3.75. The number of aliphatic hydroxyl groups excluding tert-OH is 1. The van der Waals surface area contributed by atoms with E-state index in [1.807, 2.05) is 47.2 Å². The number of ether oxygens (including phenoxy) is 1. The molecule has 0 aliphatic heterocycles. The molecule has 7 rings (SSSR count). The van der Waals surface area contributed by atoms with Gasteiger partial charge >= 0.3 is 5.97 Å². The summed E-state index contributed by atoms with van der Waals surface area (Å²) < 4.78 is 11.5. The molecule has 298 valence electrons. The highest BCUT2D eigenvalue weighted by molar-refractivity contribution is 7.12. The predicted molar refractivity (Wildman–Crippen MR) is 212 cm³/mol. The van der Waals surface area contributed by atoms with Gasteiger partial charge in [0.2, 0.25) is 22.9 Å². The topological polar surface area (TPSA) is 174 Å². The van der Waals surface area contributed by atoms with E-state index >= 15 is 0 Å². The molecule has 1 aliphatic rings. The van der Waals surface area contributed by atoms with Gasteiger partial charge in [-0.05, 0) is 91.8 Å². The summed E-state index contributed by atoms with van der Waals surface area (Å²) >= 11 is 2.69. The van der Waals surface area contributed by atoms with E-state index in [-0.39, 0.29) is 33.4 Å². The summed E-state index contributed by atoms with van der Waals surface area (Å²) in [6, 6.07) is 21.5. The van der Waals surface area contributed by atoms with Gasteiger partial charge in [-0.1, -0.05) is 47.6 Å². The summed E-state index contributed by atoms with van der Waals surface area (Å²) in [5, 5.41) is 44.3. The molecule has 12 nitrogen and oxygen atoms in total. The van der Waals surface area contributed by atoms with E-state index in [0.29, 0.717) is 56.9 Å². The van der Waals surface area contributed by atoms with Crippen LogP contribution in [0.1, 0.15) is 65.0 Å². The van der Waals surface area contributed by atoms with Crippen LogP contribution < -0.4 is 10.9 Å². The third-order valence-electron chi connectivity index (χ3n) is 10.1. The van der Waals surface area contributed by atoms with Gasteiger partial charge in [0.15, 0.2) is 0 Å². The molecule has 6 aromatic rings. The molecule has 4 heterocycles. The average molecular weight is 810 g/mol. The van der Waals surface area contributed by atoms with Crippen LogP contribution in [0.2, 0.25) is 0 Å². The van der Waals surface area contributed by atoms with Gasteiger partial charge in [0.1, 0.15) is 11.9 Å². The number of nitrogens with zero attached hydrogens (tertiary/aromatic N) is 3. The lowest BCUT2D eigenvalue weighted by Crippen LogP contribution is -2.42. The number of aromatic hydroxyl groups is 1. The van der Waals surface area contributed by atoms with Gasteiger partial charge < -0.3 is 39.8 Å². The van der Waals surface area contributed by atoms with E-state index < -0.39 is 17.7 Å². The molecule has 0 spiro atoms. The fraction of sp³-hybridized carbons (Fsp3) is 0.350. The second-order valence-electron chi connectivity index (χ2n) is 13.7. The summed E-state index contributed by atoms with van der Waals surface area (Å²) in [4.78, 5) is 35.8. The second kappa shape index (κ2) is 18.9. The zero-order valence-electron chi connectivity index (χ0n) is 30.6. The quantitative estimate of drug-likeness (QED) is 0.0749. The Labute approximate surface area is 329 Å². The van der Waals surface area contributed by atoms with Crippen LogP contribution >= 0.6 is 22.7 Å². The number of aryl methyl sites for hydroxylation is 1. The van der Waals surface area contributed by atoms with Gasteiger partial charge in [-0.25, -0.2) is 4.79 Å². The molecule has 16 heteroatoms. The molecule has 56 heavy (non-hydrogen) atoms. The molecule has 0 unspecified atom stereocenters. The van der Waals surface area contributed by atoms with Crippen LogP contribution in [0.5, 0.6) is 5.75 Å². The standard InChI is InChI=1S/C40H43N5O7S2.2FH/c1-45(27-12-14-28(15-13-27)51-39(49)40(50,33-5-3-21-53-33)34-6-4-22-54-34)20-2-7-36-43-38(44-52-36)26-10-8-25(9-11-26)23-41-24-32(47)29-16-18-31(46)37-30(29)17-19-35(48)42-37;;/h3-6,8-11,16-19,21-22,27-28,32,41,46-47,50H,2,7,12-15,20,23-24H2,1H3,(H,42,48);2*1H/t27?,28?,32-;;/m1../s1. The number of nitrogens with one attached hydrogen (secondary N) is 2. The fourth-order valence-electron chi connectivity index (χ4n) is 7.05. The second-order valence-corrected chi connectivity index (χ2v) is 15.6. The third-order valence-corrected chi connectivity index (χ3v) is 12.1. The molecule has 1 fully saturated rings. The smallest absolute Gasteiger partial charge is 0.349 e. The molecule has 0 radical (unpaired) electrons. The number of aromatic nitrogens is 3. The maximum absolute atomic E-state index is 13.4. The summed E-state index contributed by atoms with van der Waals surface area (Å²) in [7, 11) is 2.12. The first-order valence-electron chi connectivity index (χ1n) is 18.1.